The largest absolute Gasteiger partial charge is 0.497 e. The Bertz CT molecular complexity index is 1200. The van der Waals surface area contributed by atoms with Gasteiger partial charge in [-0.1, -0.05) is 28.6 Å². The van der Waals surface area contributed by atoms with Crippen molar-refractivity contribution in [2.75, 3.05) is 7.11 Å². The second-order valence-electron chi connectivity index (χ2n) is 7.03. The number of methoxy groups -OCH3 is 1. The number of nitrogens with zero attached hydrogens (tertiary/aromatic N) is 5. The molecule has 8 nitrogen and oxygen atoms in total. The number of hydrogen-bond donors (Lipinski definition) is 0. The van der Waals surface area contributed by atoms with Crippen LogP contribution in [0.1, 0.15) is 22.9 Å². The van der Waals surface area contributed by atoms with Crippen molar-refractivity contribution in [3.05, 3.63) is 65.1 Å². The van der Waals surface area contributed by atoms with Crippen molar-refractivity contribution >= 4 is 0 Å². The third-order valence-electron chi connectivity index (χ3n) is 5.14. The van der Waals surface area contributed by atoms with Gasteiger partial charge >= 0.3 is 0 Å². The molecule has 0 radical (unpaired) electrons. The quantitative estimate of drug-likeness (QED) is 0.509. The summed E-state index contributed by atoms with van der Waals surface area (Å²) in [5.74, 6) is 0.975. The van der Waals surface area contributed by atoms with Crippen LogP contribution in [0.15, 0.2) is 47.0 Å². The molecule has 152 valence electrons. The van der Waals surface area contributed by atoms with Gasteiger partial charge in [0.1, 0.15) is 17.7 Å². The molecule has 0 saturated carbocycles. The molecule has 5 rings (SSSR count). The maximum absolute atomic E-state index is 13.8. The molecule has 0 aliphatic carbocycles. The van der Waals surface area contributed by atoms with Crippen molar-refractivity contribution in [1.29, 1.82) is 0 Å². The first-order chi connectivity index (χ1) is 14.6. The average molecular weight is 407 g/mol. The molecule has 1 atom stereocenters. The van der Waals surface area contributed by atoms with Gasteiger partial charge in [0, 0.05) is 5.56 Å². The zero-order valence-electron chi connectivity index (χ0n) is 16.4. The van der Waals surface area contributed by atoms with E-state index in [1.807, 2.05) is 24.3 Å². The van der Waals surface area contributed by atoms with E-state index in [-0.39, 0.29) is 17.8 Å². The molecule has 2 aromatic heterocycles. The van der Waals surface area contributed by atoms with Crippen molar-refractivity contribution in [1.82, 2.24) is 25.1 Å². The van der Waals surface area contributed by atoms with E-state index in [2.05, 4.69) is 20.5 Å². The number of ether oxygens (including phenoxy) is 2. The molecule has 1 aliphatic heterocycles. The lowest BCUT2D eigenvalue weighted by molar-refractivity contribution is -0.00114. The Morgan fingerprint density at radius 1 is 1.17 bits per heavy atom. The fraction of sp³-hybridized carbons (Fsp3) is 0.238. The van der Waals surface area contributed by atoms with Crippen LogP contribution in [0.4, 0.5) is 4.39 Å². The minimum atomic E-state index is -0.328. The fourth-order valence-electron chi connectivity index (χ4n) is 3.37. The summed E-state index contributed by atoms with van der Waals surface area (Å²) in [7, 11) is 1.63. The predicted molar refractivity (Wildman–Crippen MR) is 104 cm³/mol. The van der Waals surface area contributed by atoms with Crippen molar-refractivity contribution in [2.45, 2.75) is 26.2 Å². The van der Waals surface area contributed by atoms with Crippen molar-refractivity contribution in [3.63, 3.8) is 0 Å². The van der Waals surface area contributed by atoms with Gasteiger partial charge in [-0.05, 0) is 42.3 Å². The lowest BCUT2D eigenvalue weighted by atomic mass is 10.1. The Balaban J connectivity index is 1.39. The molecule has 0 saturated heterocycles. The van der Waals surface area contributed by atoms with Crippen LogP contribution in [0, 0.1) is 12.7 Å². The predicted octanol–water partition coefficient (Wildman–Crippen LogP) is 3.72. The standard InChI is InChI=1S/C21H18FN5O3/c1-12-3-4-14(9-16(12)22)21-23-20(25-30-21)19-17-11-29-18(10-27(17)26-24-19)13-5-7-15(28-2)8-6-13/h3-9,18H,10-11H2,1-2H3. The highest BCUT2D eigenvalue weighted by Crippen LogP contribution is 2.31. The van der Waals surface area contributed by atoms with Crippen LogP contribution in [0.5, 0.6) is 5.75 Å². The summed E-state index contributed by atoms with van der Waals surface area (Å²) < 4.78 is 32.2. The monoisotopic (exact) mass is 407 g/mol. The first kappa shape index (κ1) is 18.4. The number of benzene rings is 2. The highest BCUT2D eigenvalue weighted by Gasteiger charge is 2.27. The molecule has 0 amide bonds. The van der Waals surface area contributed by atoms with Gasteiger partial charge in [0.2, 0.25) is 5.82 Å². The Hall–Kier alpha value is -3.59. The van der Waals surface area contributed by atoms with Crippen LogP contribution >= 0.6 is 0 Å². The van der Waals surface area contributed by atoms with Crippen LogP contribution < -0.4 is 4.74 Å². The van der Waals surface area contributed by atoms with Gasteiger partial charge in [0.25, 0.3) is 5.89 Å². The molecule has 0 bridgehead atoms. The molecule has 4 aromatic rings. The maximum Gasteiger partial charge on any atom is 0.258 e. The normalized spacial score (nSPS) is 15.8. The second kappa shape index (κ2) is 7.34. The molecule has 30 heavy (non-hydrogen) atoms. The fourth-order valence-corrected chi connectivity index (χ4v) is 3.37. The Morgan fingerprint density at radius 2 is 2.00 bits per heavy atom. The van der Waals surface area contributed by atoms with E-state index < -0.39 is 0 Å². The van der Waals surface area contributed by atoms with E-state index in [1.165, 1.54) is 6.07 Å². The van der Waals surface area contributed by atoms with Gasteiger partial charge in [-0.2, -0.15) is 4.98 Å². The number of halogens is 1. The second-order valence-corrected chi connectivity index (χ2v) is 7.03. The molecule has 0 spiro atoms. The van der Waals surface area contributed by atoms with Gasteiger partial charge in [-0.3, -0.25) is 0 Å². The molecule has 1 aliphatic rings. The summed E-state index contributed by atoms with van der Waals surface area (Å²) in [6.45, 7) is 2.52. The first-order valence-corrected chi connectivity index (χ1v) is 9.41. The third-order valence-corrected chi connectivity index (χ3v) is 5.14. The van der Waals surface area contributed by atoms with Crippen LogP contribution in [-0.4, -0.2) is 32.2 Å². The summed E-state index contributed by atoms with van der Waals surface area (Å²) in [6.07, 6.45) is -0.144. The zero-order chi connectivity index (χ0) is 20.7. The summed E-state index contributed by atoms with van der Waals surface area (Å²) in [5, 5.41) is 12.4. The van der Waals surface area contributed by atoms with Crippen molar-refractivity contribution < 1.29 is 18.4 Å². The van der Waals surface area contributed by atoms with E-state index >= 15 is 0 Å². The van der Waals surface area contributed by atoms with Gasteiger partial charge in [-0.15, -0.1) is 5.10 Å². The summed E-state index contributed by atoms with van der Waals surface area (Å²) >= 11 is 0. The van der Waals surface area contributed by atoms with E-state index in [9.17, 15) is 4.39 Å². The number of rotatable bonds is 4. The Kier molecular flexibility index (Phi) is 4.51. The van der Waals surface area contributed by atoms with Crippen LogP contribution in [0.2, 0.25) is 0 Å². The Labute approximate surface area is 171 Å². The minimum Gasteiger partial charge on any atom is -0.497 e. The lowest BCUT2D eigenvalue weighted by Gasteiger charge is -2.24. The summed E-state index contributed by atoms with van der Waals surface area (Å²) in [6, 6.07) is 12.5. The van der Waals surface area contributed by atoms with Crippen molar-refractivity contribution in [2.24, 2.45) is 0 Å². The minimum absolute atomic E-state index is 0.144. The summed E-state index contributed by atoms with van der Waals surface area (Å²) in [5.41, 5.74) is 3.35. The number of hydrogen-bond acceptors (Lipinski definition) is 7. The number of aryl methyl sites for hydroxylation is 1. The number of fused-ring (bicyclic) bond motifs is 1. The van der Waals surface area contributed by atoms with Gasteiger partial charge in [-0.25, -0.2) is 9.07 Å². The van der Waals surface area contributed by atoms with E-state index in [0.717, 1.165) is 17.0 Å². The Morgan fingerprint density at radius 3 is 2.77 bits per heavy atom. The van der Waals surface area contributed by atoms with Crippen molar-refractivity contribution in [3.8, 4) is 28.7 Å². The zero-order valence-corrected chi connectivity index (χ0v) is 16.4. The molecule has 0 fully saturated rings. The van der Waals surface area contributed by atoms with E-state index in [4.69, 9.17) is 14.0 Å². The molecule has 9 heteroatoms. The number of aromatic nitrogens is 5. The van der Waals surface area contributed by atoms with E-state index in [1.54, 1.807) is 30.8 Å². The maximum atomic E-state index is 13.8. The summed E-state index contributed by atoms with van der Waals surface area (Å²) in [4.78, 5) is 4.37. The van der Waals surface area contributed by atoms with Gasteiger partial charge in [0.15, 0.2) is 5.69 Å². The molecule has 3 heterocycles. The average Bonchev–Trinajstić information content (AvgIpc) is 3.42. The molecule has 1 unspecified atom stereocenters. The van der Waals surface area contributed by atoms with E-state index in [0.29, 0.717) is 35.8 Å². The van der Waals surface area contributed by atoms with Crippen LogP contribution in [-0.2, 0) is 17.9 Å². The molecule has 2 aromatic carbocycles. The molecule has 0 N–H and O–H groups in total. The first-order valence-electron chi connectivity index (χ1n) is 9.41. The molecular formula is C21H18FN5O3. The van der Waals surface area contributed by atoms with Gasteiger partial charge < -0.3 is 14.0 Å². The smallest absolute Gasteiger partial charge is 0.258 e. The van der Waals surface area contributed by atoms with Gasteiger partial charge in [0.05, 0.1) is 26.0 Å². The lowest BCUT2D eigenvalue weighted by Crippen LogP contribution is -2.22. The SMILES string of the molecule is COc1ccc(C2Cn3nnc(-c4noc(-c5ccc(C)c(F)c5)n4)c3CO2)cc1. The molecular weight excluding hydrogens is 389 g/mol. The third kappa shape index (κ3) is 3.22. The topological polar surface area (TPSA) is 88.1 Å². The highest BCUT2D eigenvalue weighted by atomic mass is 19.1. The van der Waals surface area contributed by atoms with Crippen LogP contribution in [0.25, 0.3) is 23.0 Å². The highest BCUT2D eigenvalue weighted by molar-refractivity contribution is 5.59. The van der Waals surface area contributed by atoms with Crippen LogP contribution in [0.3, 0.4) is 0 Å².